The first kappa shape index (κ1) is 15.4. The van der Waals surface area contributed by atoms with Crippen LogP contribution in [0.3, 0.4) is 0 Å². The maximum absolute atomic E-state index is 12.5. The third-order valence-corrected chi connectivity index (χ3v) is 5.67. The van der Waals surface area contributed by atoms with Crippen LogP contribution in [-0.2, 0) is 11.2 Å². The van der Waals surface area contributed by atoms with E-state index in [1.165, 1.54) is 4.88 Å². The van der Waals surface area contributed by atoms with Gasteiger partial charge in [-0.3, -0.25) is 4.79 Å². The molecule has 3 aromatic rings. The Labute approximate surface area is 145 Å². The molecule has 1 amide bonds. The van der Waals surface area contributed by atoms with Gasteiger partial charge in [-0.15, -0.1) is 11.3 Å². The van der Waals surface area contributed by atoms with E-state index in [4.69, 9.17) is 4.98 Å². The lowest BCUT2D eigenvalue weighted by atomic mass is 9.97. The van der Waals surface area contributed by atoms with E-state index in [0.717, 1.165) is 49.2 Å². The molecule has 4 rings (SSSR count). The van der Waals surface area contributed by atoms with Crippen molar-refractivity contribution in [2.24, 2.45) is 0 Å². The van der Waals surface area contributed by atoms with Crippen LogP contribution in [0.15, 0.2) is 41.8 Å². The van der Waals surface area contributed by atoms with Crippen molar-refractivity contribution in [3.8, 4) is 0 Å². The minimum Gasteiger partial charge on any atom is -0.342 e. The van der Waals surface area contributed by atoms with Crippen molar-refractivity contribution in [3.05, 3.63) is 52.5 Å². The maximum Gasteiger partial charge on any atom is 0.222 e. The Kier molecular flexibility index (Phi) is 4.34. The molecule has 0 radical (unpaired) electrons. The fourth-order valence-electron chi connectivity index (χ4n) is 3.44. The smallest absolute Gasteiger partial charge is 0.222 e. The molecule has 1 fully saturated rings. The lowest BCUT2D eigenvalue weighted by Gasteiger charge is -2.32. The number of carbonyl (C=O) groups excluding carboxylic acids is 1. The van der Waals surface area contributed by atoms with Gasteiger partial charge >= 0.3 is 0 Å². The molecule has 0 aliphatic carbocycles. The number of imidazole rings is 1. The number of nitrogens with one attached hydrogen (secondary N) is 1. The Bertz CT molecular complexity index is 791. The highest BCUT2D eigenvalue weighted by atomic mass is 32.1. The van der Waals surface area contributed by atoms with Gasteiger partial charge in [-0.25, -0.2) is 4.98 Å². The number of fused-ring (bicyclic) bond motifs is 1. The van der Waals surface area contributed by atoms with Gasteiger partial charge in [-0.05, 0) is 42.8 Å². The molecule has 2 aromatic heterocycles. The number of aromatic amines is 1. The van der Waals surface area contributed by atoms with Crippen LogP contribution >= 0.6 is 11.3 Å². The van der Waals surface area contributed by atoms with E-state index in [1.807, 2.05) is 29.2 Å². The molecule has 1 aromatic carbocycles. The number of carbonyl (C=O) groups is 1. The first-order valence-corrected chi connectivity index (χ1v) is 9.42. The molecule has 1 unspecified atom stereocenters. The number of H-pyrrole nitrogens is 1. The third kappa shape index (κ3) is 3.22. The topological polar surface area (TPSA) is 49.0 Å². The van der Waals surface area contributed by atoms with Crippen molar-refractivity contribution in [2.75, 3.05) is 13.1 Å². The number of amides is 1. The lowest BCUT2D eigenvalue weighted by molar-refractivity contribution is -0.132. The van der Waals surface area contributed by atoms with Gasteiger partial charge in [0, 0.05) is 30.3 Å². The van der Waals surface area contributed by atoms with Crippen LogP contribution in [0, 0.1) is 0 Å². The van der Waals surface area contributed by atoms with E-state index < -0.39 is 0 Å². The molecule has 4 nitrogen and oxygen atoms in total. The van der Waals surface area contributed by atoms with E-state index in [0.29, 0.717) is 12.3 Å². The van der Waals surface area contributed by atoms with Gasteiger partial charge in [0.2, 0.25) is 5.91 Å². The Balaban J connectivity index is 1.42. The van der Waals surface area contributed by atoms with E-state index in [2.05, 4.69) is 22.5 Å². The molecule has 24 heavy (non-hydrogen) atoms. The van der Waals surface area contributed by atoms with Crippen LogP contribution in [0.2, 0.25) is 0 Å². The fourth-order valence-corrected chi connectivity index (χ4v) is 4.14. The molecule has 0 spiro atoms. The molecule has 0 saturated carbocycles. The van der Waals surface area contributed by atoms with Gasteiger partial charge < -0.3 is 9.88 Å². The molecule has 1 atom stereocenters. The average Bonchev–Trinajstić information content (AvgIpc) is 3.29. The predicted octanol–water partition coefficient (Wildman–Crippen LogP) is 3.96. The van der Waals surface area contributed by atoms with Crippen LogP contribution < -0.4 is 0 Å². The average molecular weight is 339 g/mol. The van der Waals surface area contributed by atoms with Crippen LogP contribution in [0.4, 0.5) is 0 Å². The zero-order valence-electron chi connectivity index (χ0n) is 13.6. The van der Waals surface area contributed by atoms with E-state index in [9.17, 15) is 4.79 Å². The molecule has 0 bridgehead atoms. The molecule has 1 saturated heterocycles. The minimum absolute atomic E-state index is 0.268. The summed E-state index contributed by atoms with van der Waals surface area (Å²) in [6, 6.07) is 12.3. The summed E-state index contributed by atoms with van der Waals surface area (Å²) in [7, 11) is 0. The van der Waals surface area contributed by atoms with E-state index >= 15 is 0 Å². The zero-order valence-corrected chi connectivity index (χ0v) is 14.4. The number of aryl methyl sites for hydroxylation is 1. The first-order chi connectivity index (χ1) is 11.8. The summed E-state index contributed by atoms with van der Waals surface area (Å²) in [5, 5.41) is 2.07. The number of para-hydroxylation sites is 2. The highest BCUT2D eigenvalue weighted by Gasteiger charge is 2.26. The quantitative estimate of drug-likeness (QED) is 0.782. The number of benzene rings is 1. The van der Waals surface area contributed by atoms with Crippen LogP contribution in [0.25, 0.3) is 11.0 Å². The Morgan fingerprint density at radius 3 is 3.04 bits per heavy atom. The van der Waals surface area contributed by atoms with Gasteiger partial charge in [0.1, 0.15) is 5.82 Å². The van der Waals surface area contributed by atoms with Gasteiger partial charge in [-0.1, -0.05) is 18.2 Å². The number of hydrogen-bond donors (Lipinski definition) is 1. The number of rotatable bonds is 4. The van der Waals surface area contributed by atoms with Gasteiger partial charge in [0.25, 0.3) is 0 Å². The summed E-state index contributed by atoms with van der Waals surface area (Å²) in [5.41, 5.74) is 2.09. The second-order valence-corrected chi connectivity index (χ2v) is 7.43. The largest absolute Gasteiger partial charge is 0.342 e. The number of aromatic nitrogens is 2. The predicted molar refractivity (Wildman–Crippen MR) is 97.3 cm³/mol. The standard InChI is InChI=1S/C19H21N3OS/c23-18(10-9-15-6-4-12-24-15)22-11-3-5-14(13-22)19-20-16-7-1-2-8-17(16)21-19/h1-2,4,6-8,12,14H,3,5,9-11,13H2,(H,20,21). The van der Waals surface area contributed by atoms with Gasteiger partial charge in [0.05, 0.1) is 11.0 Å². The van der Waals surface area contributed by atoms with Crippen LogP contribution in [-0.4, -0.2) is 33.9 Å². The third-order valence-electron chi connectivity index (χ3n) is 4.73. The first-order valence-electron chi connectivity index (χ1n) is 8.54. The summed E-state index contributed by atoms with van der Waals surface area (Å²) in [4.78, 5) is 24.0. The maximum atomic E-state index is 12.5. The molecule has 1 aliphatic rings. The zero-order chi connectivity index (χ0) is 16.4. The van der Waals surface area contributed by atoms with Crippen molar-refractivity contribution >= 4 is 28.3 Å². The SMILES string of the molecule is O=C(CCc1cccs1)N1CCCC(c2nc3ccccc3[nH]2)C1. The molecule has 3 heterocycles. The second-order valence-electron chi connectivity index (χ2n) is 6.40. The van der Waals surface area contributed by atoms with Crippen molar-refractivity contribution in [1.29, 1.82) is 0 Å². The highest BCUT2D eigenvalue weighted by Crippen LogP contribution is 2.27. The molecular formula is C19H21N3OS. The molecular weight excluding hydrogens is 318 g/mol. The highest BCUT2D eigenvalue weighted by molar-refractivity contribution is 7.09. The summed E-state index contributed by atoms with van der Waals surface area (Å²) in [6.07, 6.45) is 3.59. The molecule has 5 heteroatoms. The number of thiophene rings is 1. The van der Waals surface area contributed by atoms with Crippen molar-refractivity contribution in [1.82, 2.24) is 14.9 Å². The van der Waals surface area contributed by atoms with Gasteiger partial charge in [0.15, 0.2) is 0 Å². The fraction of sp³-hybridized carbons (Fsp3) is 0.368. The number of piperidine rings is 1. The summed E-state index contributed by atoms with van der Waals surface area (Å²) in [6.45, 7) is 1.66. The normalized spacial score (nSPS) is 18.2. The minimum atomic E-state index is 0.268. The van der Waals surface area contributed by atoms with Crippen molar-refractivity contribution in [3.63, 3.8) is 0 Å². The molecule has 124 valence electrons. The van der Waals surface area contributed by atoms with Crippen molar-refractivity contribution in [2.45, 2.75) is 31.6 Å². The van der Waals surface area contributed by atoms with Crippen LogP contribution in [0.1, 0.15) is 35.9 Å². The number of hydrogen-bond acceptors (Lipinski definition) is 3. The van der Waals surface area contributed by atoms with E-state index in [1.54, 1.807) is 11.3 Å². The Hall–Kier alpha value is -2.14. The monoisotopic (exact) mass is 339 g/mol. The van der Waals surface area contributed by atoms with Crippen LogP contribution in [0.5, 0.6) is 0 Å². The Morgan fingerprint density at radius 2 is 2.21 bits per heavy atom. The number of likely N-dealkylation sites (tertiary alicyclic amines) is 1. The lowest BCUT2D eigenvalue weighted by Crippen LogP contribution is -2.39. The van der Waals surface area contributed by atoms with Crippen molar-refractivity contribution < 1.29 is 4.79 Å². The summed E-state index contributed by atoms with van der Waals surface area (Å²) >= 11 is 1.73. The molecule has 1 aliphatic heterocycles. The van der Waals surface area contributed by atoms with E-state index in [-0.39, 0.29) is 5.91 Å². The molecule has 1 N–H and O–H groups in total. The summed E-state index contributed by atoms with van der Waals surface area (Å²) in [5.74, 6) is 1.60. The second kappa shape index (κ2) is 6.77. The Morgan fingerprint density at radius 1 is 1.29 bits per heavy atom. The summed E-state index contributed by atoms with van der Waals surface area (Å²) < 4.78 is 0. The van der Waals surface area contributed by atoms with Gasteiger partial charge in [-0.2, -0.15) is 0 Å². The number of nitrogens with zero attached hydrogens (tertiary/aromatic N) is 2.